The molecule has 0 heterocycles. The maximum absolute atomic E-state index is 12.3. The van der Waals surface area contributed by atoms with E-state index in [9.17, 15) is 9.59 Å². The van der Waals surface area contributed by atoms with Gasteiger partial charge in [0.1, 0.15) is 0 Å². The van der Waals surface area contributed by atoms with Crippen LogP contribution in [0.1, 0.15) is 47.9 Å². The zero-order valence-corrected chi connectivity index (χ0v) is 25.6. The van der Waals surface area contributed by atoms with Gasteiger partial charge in [0.25, 0.3) is 0 Å². The predicted molar refractivity (Wildman–Crippen MR) is 158 cm³/mol. The summed E-state index contributed by atoms with van der Waals surface area (Å²) in [5.74, 6) is 0.316. The van der Waals surface area contributed by atoms with Crippen LogP contribution in [0, 0.1) is 27.7 Å². The van der Waals surface area contributed by atoms with Gasteiger partial charge in [-0.3, -0.25) is 9.59 Å². The van der Waals surface area contributed by atoms with Gasteiger partial charge in [0.2, 0.25) is 11.8 Å². The Morgan fingerprint density at radius 2 is 1.17 bits per heavy atom. The van der Waals surface area contributed by atoms with Crippen LogP contribution < -0.4 is 10.9 Å². The molecule has 3 rings (SSSR count). The predicted octanol–water partition coefficient (Wildman–Crippen LogP) is 6.85. The minimum Gasteiger partial charge on any atom is -0.272 e. The first kappa shape index (κ1) is 28.9. The third-order valence-electron chi connectivity index (χ3n) is 5.65. The van der Waals surface area contributed by atoms with E-state index in [-0.39, 0.29) is 11.8 Å². The quantitative estimate of drug-likeness (QED) is 0.241. The summed E-state index contributed by atoms with van der Waals surface area (Å²) in [7, 11) is 0. The van der Waals surface area contributed by atoms with E-state index in [2.05, 4.69) is 77.2 Å². The highest BCUT2D eigenvalue weighted by molar-refractivity contribution is 9.10. The minimum atomic E-state index is -0.139. The molecule has 2 aromatic rings. The van der Waals surface area contributed by atoms with Crippen molar-refractivity contribution in [3.8, 4) is 0 Å². The van der Waals surface area contributed by atoms with Crippen molar-refractivity contribution in [1.82, 2.24) is 10.9 Å². The summed E-state index contributed by atoms with van der Waals surface area (Å²) >= 11 is 10.1. The van der Waals surface area contributed by atoms with Crippen LogP contribution in [-0.4, -0.2) is 34.7 Å². The highest BCUT2D eigenvalue weighted by atomic mass is 79.9. The molecular weight excluding hydrogens is 624 g/mol. The smallest absolute Gasteiger partial charge is 0.250 e. The monoisotopic (exact) mass is 652 g/mol. The molecule has 1 aliphatic carbocycles. The minimum absolute atomic E-state index is 0.139. The molecule has 1 fully saturated rings. The number of nitrogens with one attached hydrogen (secondary N) is 2. The lowest BCUT2D eigenvalue weighted by Crippen LogP contribution is -2.26. The van der Waals surface area contributed by atoms with Crippen LogP contribution in [-0.2, 0) is 9.59 Å². The molecule has 2 aromatic carbocycles. The van der Waals surface area contributed by atoms with Gasteiger partial charge in [0, 0.05) is 36.6 Å². The lowest BCUT2D eigenvalue weighted by molar-refractivity contribution is -0.119. The third-order valence-corrected chi connectivity index (χ3v) is 9.67. The van der Waals surface area contributed by atoms with E-state index in [1.54, 1.807) is 0 Å². The average molecular weight is 654 g/mol. The number of aryl methyl sites for hydroxylation is 4. The molecule has 0 atom stereocenters. The molecular formula is C26H30Br2N4O2S2. The second-order valence-corrected chi connectivity index (χ2v) is 12.5. The van der Waals surface area contributed by atoms with Crippen LogP contribution in [0.2, 0.25) is 0 Å². The summed E-state index contributed by atoms with van der Waals surface area (Å²) < 4.78 is 2.14. The molecule has 6 nitrogen and oxygen atoms in total. The fourth-order valence-electron chi connectivity index (χ4n) is 3.55. The molecule has 0 radical (unpaired) electrons. The molecule has 1 saturated carbocycles. The van der Waals surface area contributed by atoms with Gasteiger partial charge >= 0.3 is 0 Å². The number of amides is 2. The molecule has 0 bridgehead atoms. The van der Waals surface area contributed by atoms with Gasteiger partial charge in [-0.25, -0.2) is 10.9 Å². The zero-order chi connectivity index (χ0) is 26.2. The molecule has 2 N–H and O–H groups in total. The second kappa shape index (κ2) is 13.8. The van der Waals surface area contributed by atoms with E-state index in [0.29, 0.717) is 17.9 Å². The van der Waals surface area contributed by atoms with Crippen molar-refractivity contribution in [3.05, 3.63) is 55.5 Å². The summed E-state index contributed by atoms with van der Waals surface area (Å²) in [5.41, 5.74) is 11.6. The Morgan fingerprint density at radius 3 is 1.58 bits per heavy atom. The van der Waals surface area contributed by atoms with E-state index in [4.69, 9.17) is 0 Å². The van der Waals surface area contributed by atoms with Gasteiger partial charge in [-0.1, -0.05) is 31.9 Å². The maximum Gasteiger partial charge on any atom is 0.250 e. The fourth-order valence-corrected chi connectivity index (χ4v) is 6.26. The number of nitrogens with zero attached hydrogens (tertiary/aromatic N) is 2. The number of benzene rings is 2. The van der Waals surface area contributed by atoms with Crippen molar-refractivity contribution in [2.24, 2.45) is 10.2 Å². The van der Waals surface area contributed by atoms with E-state index in [1.165, 1.54) is 23.5 Å². The SMILES string of the molecule is Cc1cc(SCC(=O)N/N=C2\CCC/C(=N\NC(=O)CSc3cc(C)c(Br)cc3C)C2)c(C)cc1Br. The Bertz CT molecular complexity index is 1120. The van der Waals surface area contributed by atoms with Crippen LogP contribution in [0.25, 0.3) is 0 Å². The molecule has 36 heavy (non-hydrogen) atoms. The lowest BCUT2D eigenvalue weighted by atomic mass is 9.97. The molecule has 0 saturated heterocycles. The van der Waals surface area contributed by atoms with Crippen LogP contribution >= 0.6 is 55.4 Å². The first-order chi connectivity index (χ1) is 17.1. The Hall–Kier alpha value is -1.62. The summed E-state index contributed by atoms with van der Waals surface area (Å²) in [6, 6.07) is 8.31. The number of thioether (sulfide) groups is 2. The number of hydrogen-bond donors (Lipinski definition) is 2. The van der Waals surface area contributed by atoms with Crippen LogP contribution in [0.15, 0.2) is 53.2 Å². The molecule has 0 aliphatic heterocycles. The van der Waals surface area contributed by atoms with Gasteiger partial charge in [0.05, 0.1) is 11.5 Å². The van der Waals surface area contributed by atoms with Crippen molar-refractivity contribution in [2.45, 2.75) is 63.2 Å². The van der Waals surface area contributed by atoms with Gasteiger partial charge in [-0.15, -0.1) is 23.5 Å². The molecule has 10 heteroatoms. The molecule has 0 aromatic heterocycles. The number of carbonyl (C=O) groups is 2. The van der Waals surface area contributed by atoms with Crippen molar-refractivity contribution in [3.63, 3.8) is 0 Å². The van der Waals surface area contributed by atoms with Crippen molar-refractivity contribution >= 4 is 78.6 Å². The van der Waals surface area contributed by atoms with Crippen LogP contribution in [0.3, 0.4) is 0 Å². The van der Waals surface area contributed by atoms with Gasteiger partial charge < -0.3 is 0 Å². The topological polar surface area (TPSA) is 82.9 Å². The zero-order valence-electron chi connectivity index (χ0n) is 20.8. The highest BCUT2D eigenvalue weighted by Crippen LogP contribution is 2.29. The van der Waals surface area contributed by atoms with Crippen LogP contribution in [0.4, 0.5) is 0 Å². The highest BCUT2D eigenvalue weighted by Gasteiger charge is 2.15. The van der Waals surface area contributed by atoms with E-state index >= 15 is 0 Å². The maximum atomic E-state index is 12.3. The van der Waals surface area contributed by atoms with Crippen LogP contribution in [0.5, 0.6) is 0 Å². The lowest BCUT2D eigenvalue weighted by Gasteiger charge is -2.15. The Labute approximate surface area is 238 Å². The molecule has 1 aliphatic rings. The largest absolute Gasteiger partial charge is 0.272 e. The molecule has 192 valence electrons. The fraction of sp³-hybridized carbons (Fsp3) is 0.385. The first-order valence-electron chi connectivity index (χ1n) is 11.6. The van der Waals surface area contributed by atoms with E-state index in [0.717, 1.165) is 71.7 Å². The summed E-state index contributed by atoms with van der Waals surface area (Å²) in [4.78, 5) is 26.8. The summed E-state index contributed by atoms with van der Waals surface area (Å²) in [5, 5.41) is 8.65. The summed E-state index contributed by atoms with van der Waals surface area (Å²) in [6.07, 6.45) is 3.06. The van der Waals surface area contributed by atoms with Crippen molar-refractivity contribution in [2.75, 3.05) is 11.5 Å². The van der Waals surface area contributed by atoms with E-state index < -0.39 is 0 Å². The number of halogens is 2. The van der Waals surface area contributed by atoms with Crippen molar-refractivity contribution < 1.29 is 9.59 Å². The Morgan fingerprint density at radius 1 is 0.750 bits per heavy atom. The number of rotatable bonds is 8. The Kier molecular flexibility index (Phi) is 11.1. The standard InChI is InChI=1S/C26H30Br2N4O2S2/c1-15-10-23(17(3)8-21(15)27)35-13-25(33)31-29-19-6-5-7-20(12-19)30-32-26(34)14-36-24-11-16(2)22(28)9-18(24)4/h8-11H,5-7,12-14H2,1-4H3,(H,31,33)(H,32,34)/b29-19+,30-20+. The average Bonchev–Trinajstić information content (AvgIpc) is 2.84. The normalized spacial score (nSPS) is 15.8. The first-order valence-corrected chi connectivity index (χ1v) is 15.2. The molecule has 0 unspecified atom stereocenters. The number of carbonyl (C=O) groups excluding carboxylic acids is 2. The van der Waals surface area contributed by atoms with Gasteiger partial charge in [0.15, 0.2) is 0 Å². The molecule has 0 spiro atoms. The second-order valence-electron chi connectivity index (χ2n) is 8.77. The molecule has 2 amide bonds. The Balaban J connectivity index is 1.45. The number of hydrogen-bond acceptors (Lipinski definition) is 6. The van der Waals surface area contributed by atoms with Gasteiger partial charge in [-0.05, 0) is 93.5 Å². The van der Waals surface area contributed by atoms with E-state index in [1.807, 2.05) is 27.7 Å². The summed E-state index contributed by atoms with van der Waals surface area (Å²) in [6.45, 7) is 8.14. The van der Waals surface area contributed by atoms with Gasteiger partial charge in [-0.2, -0.15) is 10.2 Å². The third kappa shape index (κ3) is 8.75. The van der Waals surface area contributed by atoms with Crippen molar-refractivity contribution in [1.29, 1.82) is 0 Å². The number of hydrazone groups is 2.